The molecule has 0 bridgehead atoms. The second-order valence-corrected chi connectivity index (χ2v) is 13.4. The van der Waals surface area contributed by atoms with E-state index in [4.69, 9.17) is 9.16 Å². The maximum absolute atomic E-state index is 6.34. The highest BCUT2D eigenvalue weighted by molar-refractivity contribution is 14.1. The van der Waals surface area contributed by atoms with Crippen LogP contribution in [0.4, 0.5) is 0 Å². The first kappa shape index (κ1) is 20.4. The molecule has 0 aliphatic heterocycles. The van der Waals surface area contributed by atoms with Crippen LogP contribution in [0.5, 0.6) is 5.88 Å². The molecule has 0 N–H and O–H groups in total. The van der Waals surface area contributed by atoms with Crippen LogP contribution in [0.15, 0.2) is 0 Å². The SMILES string of the molecule is CCOc1nn(C(C)CO[Si](C)(C)C(C)(C)C)c(CBr)c1I. The Morgan fingerprint density at radius 3 is 2.41 bits per heavy atom. The summed E-state index contributed by atoms with van der Waals surface area (Å²) >= 11 is 5.87. The van der Waals surface area contributed by atoms with Gasteiger partial charge in [0, 0.05) is 5.33 Å². The van der Waals surface area contributed by atoms with E-state index in [1.807, 2.05) is 11.6 Å². The first-order valence-electron chi connectivity index (χ1n) is 7.64. The Balaban J connectivity index is 2.90. The molecule has 4 nitrogen and oxygen atoms in total. The van der Waals surface area contributed by atoms with Gasteiger partial charge < -0.3 is 9.16 Å². The minimum Gasteiger partial charge on any atom is -0.476 e. The molecule has 0 aliphatic carbocycles. The summed E-state index contributed by atoms with van der Waals surface area (Å²) in [5, 5.41) is 5.61. The van der Waals surface area contributed by atoms with E-state index in [2.05, 4.69) is 84.4 Å². The van der Waals surface area contributed by atoms with E-state index in [0.29, 0.717) is 13.2 Å². The summed E-state index contributed by atoms with van der Waals surface area (Å²) in [6.07, 6.45) is 0. The Labute approximate surface area is 157 Å². The van der Waals surface area contributed by atoms with Crippen LogP contribution in [0, 0.1) is 3.57 Å². The molecule has 0 fully saturated rings. The minimum absolute atomic E-state index is 0.185. The van der Waals surface area contributed by atoms with Gasteiger partial charge in [0.15, 0.2) is 8.32 Å². The maximum atomic E-state index is 6.34. The first-order chi connectivity index (χ1) is 10.0. The van der Waals surface area contributed by atoms with E-state index in [9.17, 15) is 0 Å². The summed E-state index contributed by atoms with van der Waals surface area (Å²) in [5.41, 5.74) is 1.15. The minimum atomic E-state index is -1.74. The highest BCUT2D eigenvalue weighted by Gasteiger charge is 2.37. The van der Waals surface area contributed by atoms with Gasteiger partial charge in [-0.1, -0.05) is 36.7 Å². The molecule has 0 aliphatic rings. The number of hydrogen-bond acceptors (Lipinski definition) is 3. The molecule has 7 heteroatoms. The van der Waals surface area contributed by atoms with Crippen LogP contribution in [-0.4, -0.2) is 31.3 Å². The fraction of sp³-hybridized carbons (Fsp3) is 0.800. The number of ether oxygens (including phenoxy) is 1. The topological polar surface area (TPSA) is 36.3 Å². The van der Waals surface area contributed by atoms with Crippen molar-refractivity contribution in [2.24, 2.45) is 0 Å². The number of halogens is 2. The summed E-state index contributed by atoms with van der Waals surface area (Å²) in [6.45, 7) is 16.8. The van der Waals surface area contributed by atoms with Crippen LogP contribution in [-0.2, 0) is 9.76 Å². The Bertz CT molecular complexity index is 500. The Kier molecular flexibility index (Phi) is 7.42. The van der Waals surface area contributed by atoms with Crippen molar-refractivity contribution in [1.82, 2.24) is 9.78 Å². The van der Waals surface area contributed by atoms with Crippen molar-refractivity contribution in [2.75, 3.05) is 13.2 Å². The van der Waals surface area contributed by atoms with Crippen molar-refractivity contribution in [1.29, 1.82) is 0 Å². The summed E-state index contributed by atoms with van der Waals surface area (Å²) in [4.78, 5) is 0. The zero-order chi connectivity index (χ0) is 17.1. The normalized spacial score (nSPS) is 14.2. The van der Waals surface area contributed by atoms with Crippen molar-refractivity contribution in [3.8, 4) is 5.88 Å². The fourth-order valence-corrected chi connectivity index (χ4v) is 4.61. The second kappa shape index (κ2) is 7.98. The summed E-state index contributed by atoms with van der Waals surface area (Å²) in [5.74, 6) is 0.719. The molecule has 0 spiro atoms. The number of rotatable bonds is 7. The van der Waals surface area contributed by atoms with Gasteiger partial charge in [0.2, 0.25) is 5.88 Å². The predicted octanol–water partition coefficient (Wildman–Crippen LogP) is 5.36. The summed E-state index contributed by atoms with van der Waals surface area (Å²) < 4.78 is 15.1. The molecule has 0 saturated carbocycles. The molecule has 22 heavy (non-hydrogen) atoms. The fourth-order valence-electron chi connectivity index (χ4n) is 1.76. The van der Waals surface area contributed by atoms with Crippen LogP contribution >= 0.6 is 38.5 Å². The van der Waals surface area contributed by atoms with Crippen LogP contribution < -0.4 is 4.74 Å². The number of hydrogen-bond donors (Lipinski definition) is 0. The maximum Gasteiger partial charge on any atom is 0.246 e. The third kappa shape index (κ3) is 4.70. The van der Waals surface area contributed by atoms with E-state index in [1.165, 1.54) is 0 Å². The van der Waals surface area contributed by atoms with Crippen molar-refractivity contribution < 1.29 is 9.16 Å². The van der Waals surface area contributed by atoms with Crippen molar-refractivity contribution in [2.45, 2.75) is 64.1 Å². The molecule has 0 radical (unpaired) electrons. The first-order valence-corrected chi connectivity index (χ1v) is 12.8. The van der Waals surface area contributed by atoms with Gasteiger partial charge in [0.25, 0.3) is 0 Å². The van der Waals surface area contributed by atoms with Gasteiger partial charge >= 0.3 is 0 Å². The lowest BCUT2D eigenvalue weighted by atomic mass is 10.2. The third-order valence-corrected chi connectivity index (χ3v) is 10.3. The molecule has 1 rings (SSSR count). The quantitative estimate of drug-likeness (QED) is 0.286. The molecule has 128 valence electrons. The Morgan fingerprint density at radius 2 is 1.95 bits per heavy atom. The molecule has 1 aromatic rings. The largest absolute Gasteiger partial charge is 0.476 e. The van der Waals surface area contributed by atoms with Gasteiger partial charge in [0.1, 0.15) is 0 Å². The molecule has 0 aromatic carbocycles. The van der Waals surface area contributed by atoms with Crippen LogP contribution in [0.2, 0.25) is 18.1 Å². The van der Waals surface area contributed by atoms with Gasteiger partial charge in [-0.15, -0.1) is 5.10 Å². The lowest BCUT2D eigenvalue weighted by Crippen LogP contribution is -2.42. The van der Waals surface area contributed by atoms with E-state index in [-0.39, 0.29) is 11.1 Å². The number of nitrogens with zero attached hydrogens (tertiary/aromatic N) is 2. The van der Waals surface area contributed by atoms with Crippen LogP contribution in [0.1, 0.15) is 46.4 Å². The molecular formula is C15H28BrIN2O2Si. The lowest BCUT2D eigenvalue weighted by molar-refractivity contribution is 0.225. The molecule has 1 heterocycles. The second-order valence-electron chi connectivity index (χ2n) is 7.00. The smallest absolute Gasteiger partial charge is 0.246 e. The monoisotopic (exact) mass is 502 g/mol. The zero-order valence-corrected chi connectivity index (χ0v) is 19.4. The zero-order valence-electron chi connectivity index (χ0n) is 14.7. The molecule has 1 aromatic heterocycles. The summed E-state index contributed by atoms with van der Waals surface area (Å²) in [6, 6.07) is 0.185. The Hall–Kier alpha value is 0.397. The van der Waals surface area contributed by atoms with Crippen molar-refractivity contribution >= 4 is 46.8 Å². The van der Waals surface area contributed by atoms with Crippen molar-refractivity contribution in [3.05, 3.63) is 9.26 Å². The third-order valence-electron chi connectivity index (χ3n) is 4.23. The van der Waals surface area contributed by atoms with E-state index in [0.717, 1.165) is 20.5 Å². The standard InChI is InChI=1S/C15H28BrIN2O2Si/c1-8-20-14-13(17)12(9-16)19(18-14)11(2)10-21-22(6,7)15(3,4)5/h11H,8-10H2,1-7H3. The van der Waals surface area contributed by atoms with Crippen molar-refractivity contribution in [3.63, 3.8) is 0 Å². The molecule has 0 saturated heterocycles. The average Bonchev–Trinajstić information content (AvgIpc) is 2.72. The summed E-state index contributed by atoms with van der Waals surface area (Å²) in [7, 11) is -1.74. The van der Waals surface area contributed by atoms with Gasteiger partial charge in [-0.3, -0.25) is 4.68 Å². The average molecular weight is 503 g/mol. The molecule has 1 atom stereocenters. The van der Waals surface area contributed by atoms with Gasteiger partial charge in [-0.25, -0.2) is 0 Å². The molecular weight excluding hydrogens is 475 g/mol. The molecule has 0 amide bonds. The molecule has 1 unspecified atom stereocenters. The van der Waals surface area contributed by atoms with Gasteiger partial charge in [-0.2, -0.15) is 0 Å². The highest BCUT2D eigenvalue weighted by atomic mass is 127. The lowest BCUT2D eigenvalue weighted by Gasteiger charge is -2.37. The Morgan fingerprint density at radius 1 is 1.36 bits per heavy atom. The van der Waals surface area contributed by atoms with Gasteiger partial charge in [0.05, 0.1) is 28.5 Å². The van der Waals surface area contributed by atoms with Gasteiger partial charge in [-0.05, 0) is 54.6 Å². The highest BCUT2D eigenvalue weighted by Crippen LogP contribution is 2.37. The predicted molar refractivity (Wildman–Crippen MR) is 107 cm³/mol. The van der Waals surface area contributed by atoms with E-state index < -0.39 is 8.32 Å². The number of aromatic nitrogens is 2. The van der Waals surface area contributed by atoms with E-state index in [1.54, 1.807) is 0 Å². The van der Waals surface area contributed by atoms with Crippen LogP contribution in [0.3, 0.4) is 0 Å². The van der Waals surface area contributed by atoms with E-state index >= 15 is 0 Å². The van der Waals surface area contributed by atoms with Crippen LogP contribution in [0.25, 0.3) is 0 Å². The number of alkyl halides is 1.